The fourth-order valence-electron chi connectivity index (χ4n) is 2.68. The van der Waals surface area contributed by atoms with Gasteiger partial charge < -0.3 is 10.6 Å². The van der Waals surface area contributed by atoms with E-state index in [4.69, 9.17) is 11.6 Å². The molecule has 23 heavy (non-hydrogen) atoms. The highest BCUT2D eigenvalue weighted by Gasteiger charge is 2.18. The Morgan fingerprint density at radius 3 is 2.83 bits per heavy atom. The van der Waals surface area contributed by atoms with E-state index in [0.717, 1.165) is 30.8 Å². The van der Waals surface area contributed by atoms with E-state index in [9.17, 15) is 4.79 Å². The predicted molar refractivity (Wildman–Crippen MR) is 94.3 cm³/mol. The van der Waals surface area contributed by atoms with Gasteiger partial charge >= 0.3 is 0 Å². The van der Waals surface area contributed by atoms with Crippen LogP contribution in [0.2, 0.25) is 5.02 Å². The van der Waals surface area contributed by atoms with E-state index in [1.165, 1.54) is 0 Å². The summed E-state index contributed by atoms with van der Waals surface area (Å²) in [4.78, 5) is 12.1. The number of anilines is 1. The first kappa shape index (κ1) is 17.8. The average Bonchev–Trinajstić information content (AvgIpc) is 3.14. The van der Waals surface area contributed by atoms with E-state index in [2.05, 4.69) is 15.7 Å². The van der Waals surface area contributed by atoms with Gasteiger partial charge in [-0.1, -0.05) is 23.7 Å². The monoisotopic (exact) mass is 354 g/mol. The van der Waals surface area contributed by atoms with Crippen molar-refractivity contribution in [2.45, 2.75) is 31.8 Å². The summed E-state index contributed by atoms with van der Waals surface area (Å²) in [6.45, 7) is 1.61. The zero-order valence-electron chi connectivity index (χ0n) is 12.7. The second-order valence-electron chi connectivity index (χ2n) is 5.55. The Labute approximate surface area is 146 Å². The van der Waals surface area contributed by atoms with Crippen LogP contribution in [-0.2, 0) is 11.3 Å². The maximum atomic E-state index is 12.1. The molecule has 2 N–H and O–H groups in total. The molecule has 124 valence electrons. The predicted octanol–water partition coefficient (Wildman–Crippen LogP) is 3.09. The van der Waals surface area contributed by atoms with Crippen LogP contribution in [0.3, 0.4) is 0 Å². The minimum Gasteiger partial charge on any atom is -0.313 e. The van der Waals surface area contributed by atoms with Crippen molar-refractivity contribution >= 4 is 35.7 Å². The van der Waals surface area contributed by atoms with Crippen molar-refractivity contribution in [2.24, 2.45) is 0 Å². The second kappa shape index (κ2) is 8.34. The van der Waals surface area contributed by atoms with Crippen molar-refractivity contribution in [3.05, 3.63) is 47.1 Å². The molecule has 2 aromatic rings. The largest absolute Gasteiger partial charge is 0.313 e. The van der Waals surface area contributed by atoms with E-state index in [1.54, 1.807) is 10.9 Å². The molecule has 2 heterocycles. The van der Waals surface area contributed by atoms with Crippen LogP contribution in [0.15, 0.2) is 36.5 Å². The molecule has 1 aromatic carbocycles. The van der Waals surface area contributed by atoms with Gasteiger partial charge in [-0.2, -0.15) is 5.10 Å². The van der Waals surface area contributed by atoms with E-state index >= 15 is 0 Å². The lowest BCUT2D eigenvalue weighted by atomic mass is 10.1. The van der Waals surface area contributed by atoms with Gasteiger partial charge in [-0.25, -0.2) is 4.68 Å². The highest BCUT2D eigenvalue weighted by molar-refractivity contribution is 6.30. The lowest BCUT2D eigenvalue weighted by Gasteiger charge is -2.12. The number of hydrogen-bond acceptors (Lipinski definition) is 3. The van der Waals surface area contributed by atoms with Crippen LogP contribution in [0.5, 0.6) is 0 Å². The lowest BCUT2D eigenvalue weighted by molar-refractivity contribution is -0.116. The summed E-state index contributed by atoms with van der Waals surface area (Å²) in [5.74, 6) is 0.746. The van der Waals surface area contributed by atoms with Crippen molar-refractivity contribution < 1.29 is 4.79 Å². The van der Waals surface area contributed by atoms with Crippen LogP contribution in [0.4, 0.5) is 5.82 Å². The molecular formula is C16H20Cl2N4O. The topological polar surface area (TPSA) is 59.0 Å². The van der Waals surface area contributed by atoms with Gasteiger partial charge in [0.1, 0.15) is 5.82 Å². The van der Waals surface area contributed by atoms with Gasteiger partial charge in [0.2, 0.25) is 5.91 Å². The maximum Gasteiger partial charge on any atom is 0.227 e. The van der Waals surface area contributed by atoms with Crippen molar-refractivity contribution in [2.75, 3.05) is 11.9 Å². The number of amides is 1. The molecule has 0 spiro atoms. The maximum absolute atomic E-state index is 12.1. The molecule has 0 saturated carbocycles. The van der Waals surface area contributed by atoms with Crippen LogP contribution in [0.1, 0.15) is 24.8 Å². The first-order valence-corrected chi connectivity index (χ1v) is 7.88. The van der Waals surface area contributed by atoms with Gasteiger partial charge in [0, 0.05) is 23.6 Å². The Bertz CT molecular complexity index is 636. The Balaban J connectivity index is 0.00000192. The molecule has 1 unspecified atom stereocenters. The molecule has 1 amide bonds. The fraction of sp³-hybridized carbons (Fsp3) is 0.375. The Hall–Kier alpha value is -1.56. The van der Waals surface area contributed by atoms with E-state index in [-0.39, 0.29) is 18.3 Å². The summed E-state index contributed by atoms with van der Waals surface area (Å²) in [6.07, 6.45) is 4.41. The molecule has 0 aliphatic carbocycles. The molecule has 3 rings (SSSR count). The normalized spacial score (nSPS) is 16.8. The number of hydrogen-bond donors (Lipinski definition) is 2. The number of rotatable bonds is 5. The van der Waals surface area contributed by atoms with Crippen molar-refractivity contribution in [1.82, 2.24) is 15.1 Å². The Morgan fingerprint density at radius 2 is 2.13 bits per heavy atom. The summed E-state index contributed by atoms with van der Waals surface area (Å²) in [6, 6.07) is 9.73. The molecule has 0 radical (unpaired) electrons. The summed E-state index contributed by atoms with van der Waals surface area (Å²) in [7, 11) is 0. The molecule has 1 atom stereocenters. The second-order valence-corrected chi connectivity index (χ2v) is 5.98. The van der Waals surface area contributed by atoms with Crippen LogP contribution in [0, 0.1) is 0 Å². The van der Waals surface area contributed by atoms with Crippen LogP contribution >= 0.6 is 24.0 Å². The molecule has 1 saturated heterocycles. The van der Waals surface area contributed by atoms with E-state index in [0.29, 0.717) is 24.0 Å². The minimum absolute atomic E-state index is 0. The van der Waals surface area contributed by atoms with Crippen LogP contribution in [-0.4, -0.2) is 28.3 Å². The van der Waals surface area contributed by atoms with Crippen molar-refractivity contribution in [3.8, 4) is 0 Å². The molecular weight excluding hydrogens is 335 g/mol. The first-order chi connectivity index (χ1) is 10.7. The van der Waals surface area contributed by atoms with E-state index in [1.807, 2.05) is 30.3 Å². The molecule has 7 heteroatoms. The smallest absolute Gasteiger partial charge is 0.227 e. The zero-order chi connectivity index (χ0) is 15.4. The zero-order valence-corrected chi connectivity index (χ0v) is 14.2. The van der Waals surface area contributed by atoms with Crippen molar-refractivity contribution in [1.29, 1.82) is 0 Å². The van der Waals surface area contributed by atoms with Crippen molar-refractivity contribution in [3.63, 3.8) is 0 Å². The summed E-state index contributed by atoms with van der Waals surface area (Å²) < 4.78 is 1.78. The van der Waals surface area contributed by atoms with Gasteiger partial charge in [-0.05, 0) is 37.1 Å². The quantitative estimate of drug-likeness (QED) is 0.867. The number of aromatic nitrogens is 2. The molecule has 1 aliphatic rings. The molecule has 1 aliphatic heterocycles. The number of carbonyl (C=O) groups excluding carboxylic acids is 1. The summed E-state index contributed by atoms with van der Waals surface area (Å²) in [5.41, 5.74) is 1.08. The number of nitrogens with one attached hydrogen (secondary N) is 2. The standard InChI is InChI=1S/C16H19ClN4O.ClH/c17-13-5-3-12(4-6-13)11-21-15(7-9-19-21)20-16(22)10-14-2-1-8-18-14;/h3-7,9,14,18H,1-2,8,10-11H2,(H,20,22);1H. The Kier molecular flexibility index (Phi) is 6.45. The first-order valence-electron chi connectivity index (χ1n) is 7.50. The lowest BCUT2D eigenvalue weighted by Crippen LogP contribution is -2.28. The van der Waals surface area contributed by atoms with Gasteiger partial charge in [0.25, 0.3) is 0 Å². The van der Waals surface area contributed by atoms with Crippen LogP contribution in [0.25, 0.3) is 0 Å². The summed E-state index contributed by atoms with van der Waals surface area (Å²) in [5, 5.41) is 11.3. The third-order valence-corrected chi connectivity index (χ3v) is 4.08. The third kappa shape index (κ3) is 4.96. The van der Waals surface area contributed by atoms with Crippen LogP contribution < -0.4 is 10.6 Å². The fourth-order valence-corrected chi connectivity index (χ4v) is 2.80. The van der Waals surface area contributed by atoms with Gasteiger partial charge in [0.15, 0.2) is 0 Å². The van der Waals surface area contributed by atoms with Gasteiger partial charge in [-0.15, -0.1) is 12.4 Å². The Morgan fingerprint density at radius 1 is 1.35 bits per heavy atom. The molecule has 0 bridgehead atoms. The molecule has 5 nitrogen and oxygen atoms in total. The van der Waals surface area contributed by atoms with Gasteiger partial charge in [-0.3, -0.25) is 4.79 Å². The number of carbonyl (C=O) groups is 1. The number of benzene rings is 1. The molecule has 1 fully saturated rings. The van der Waals surface area contributed by atoms with Gasteiger partial charge in [0.05, 0.1) is 12.7 Å². The number of nitrogens with zero attached hydrogens (tertiary/aromatic N) is 2. The molecule has 1 aromatic heterocycles. The third-order valence-electron chi connectivity index (χ3n) is 3.82. The SMILES string of the molecule is Cl.O=C(CC1CCCN1)Nc1ccnn1Cc1ccc(Cl)cc1. The minimum atomic E-state index is 0. The van der Waals surface area contributed by atoms with E-state index < -0.39 is 0 Å². The summed E-state index contributed by atoms with van der Waals surface area (Å²) >= 11 is 5.89. The highest BCUT2D eigenvalue weighted by Crippen LogP contribution is 2.15. The average molecular weight is 355 g/mol. The highest BCUT2D eigenvalue weighted by atomic mass is 35.5. The number of halogens is 2.